The average Bonchev–Trinajstić information content (AvgIpc) is 2.71. The van der Waals surface area contributed by atoms with Gasteiger partial charge < -0.3 is 32.5 Å². The number of carboxylic acids is 1. The van der Waals surface area contributed by atoms with Crippen LogP contribution >= 0.6 is 11.8 Å². The smallest absolute Gasteiger partial charge is 0.326 e. The summed E-state index contributed by atoms with van der Waals surface area (Å²) in [4.78, 5) is 60.9. The maximum Gasteiger partial charge on any atom is 0.326 e. The molecule has 12 heteroatoms. The fourth-order valence-corrected chi connectivity index (χ4v) is 3.34. The van der Waals surface area contributed by atoms with Crippen LogP contribution in [0.25, 0.3) is 0 Å². The molecule has 0 spiro atoms. The molecule has 4 amide bonds. The van der Waals surface area contributed by atoms with E-state index in [1.807, 2.05) is 20.1 Å². The lowest BCUT2D eigenvalue weighted by molar-refractivity contribution is -0.142. The van der Waals surface area contributed by atoms with Crippen LogP contribution in [0.4, 0.5) is 0 Å². The Balaban J connectivity index is 5.53. The highest BCUT2D eigenvalue weighted by atomic mass is 32.2. The molecule has 0 bridgehead atoms. The van der Waals surface area contributed by atoms with Gasteiger partial charge in [0.1, 0.15) is 18.1 Å². The molecule has 0 aliphatic carbocycles. The fourth-order valence-electron chi connectivity index (χ4n) is 2.87. The van der Waals surface area contributed by atoms with Gasteiger partial charge in [-0.1, -0.05) is 27.7 Å². The van der Waals surface area contributed by atoms with Crippen LogP contribution in [-0.2, 0) is 24.0 Å². The Hall–Kier alpha value is -2.34. The number of primary amides is 1. The molecule has 0 aromatic carbocycles. The van der Waals surface area contributed by atoms with Gasteiger partial charge in [-0.2, -0.15) is 11.8 Å². The first kappa shape index (κ1) is 30.7. The number of hydrogen-bond donors (Lipinski definition) is 6. The van der Waals surface area contributed by atoms with E-state index in [4.69, 9.17) is 11.5 Å². The Morgan fingerprint density at radius 3 is 1.82 bits per heavy atom. The Labute approximate surface area is 199 Å². The van der Waals surface area contributed by atoms with Crippen LogP contribution in [0.2, 0.25) is 0 Å². The van der Waals surface area contributed by atoms with Crippen LogP contribution in [0.5, 0.6) is 0 Å². The first-order valence-electron chi connectivity index (χ1n) is 11.0. The van der Waals surface area contributed by atoms with Crippen molar-refractivity contribution in [2.24, 2.45) is 23.3 Å². The van der Waals surface area contributed by atoms with Crippen molar-refractivity contribution < 1.29 is 29.1 Å². The topological polar surface area (TPSA) is 194 Å². The van der Waals surface area contributed by atoms with E-state index in [1.54, 1.807) is 13.8 Å². The van der Waals surface area contributed by atoms with Crippen molar-refractivity contribution in [2.75, 3.05) is 12.0 Å². The molecular weight excluding hydrogens is 450 g/mol. The second kappa shape index (κ2) is 15.5. The van der Waals surface area contributed by atoms with Gasteiger partial charge in [0.2, 0.25) is 23.6 Å². The normalized spacial score (nSPS) is 14.8. The highest BCUT2D eigenvalue weighted by Crippen LogP contribution is 2.09. The zero-order valence-corrected chi connectivity index (χ0v) is 20.9. The minimum atomic E-state index is -1.17. The van der Waals surface area contributed by atoms with E-state index in [9.17, 15) is 29.1 Å². The molecule has 0 saturated carbocycles. The van der Waals surface area contributed by atoms with Crippen LogP contribution in [0.1, 0.15) is 53.4 Å². The van der Waals surface area contributed by atoms with Gasteiger partial charge in [-0.15, -0.1) is 0 Å². The summed E-state index contributed by atoms with van der Waals surface area (Å²) in [6.45, 7) is 7.20. The predicted molar refractivity (Wildman–Crippen MR) is 127 cm³/mol. The quantitative estimate of drug-likeness (QED) is 0.168. The van der Waals surface area contributed by atoms with E-state index in [2.05, 4.69) is 16.0 Å². The van der Waals surface area contributed by atoms with Crippen LogP contribution in [0.3, 0.4) is 0 Å². The summed E-state index contributed by atoms with van der Waals surface area (Å²) in [5, 5.41) is 17.0. The number of carboxylic acid groups (broad SMARTS) is 1. The van der Waals surface area contributed by atoms with Crippen molar-refractivity contribution in [1.29, 1.82) is 0 Å². The largest absolute Gasteiger partial charge is 0.480 e. The van der Waals surface area contributed by atoms with Crippen molar-refractivity contribution >= 4 is 41.4 Å². The molecular formula is C21H39N5O6S. The summed E-state index contributed by atoms with van der Waals surface area (Å²) in [5.41, 5.74) is 11.0. The lowest BCUT2D eigenvalue weighted by atomic mass is 10.0. The molecule has 0 heterocycles. The van der Waals surface area contributed by atoms with E-state index < -0.39 is 53.8 Å². The summed E-state index contributed by atoms with van der Waals surface area (Å²) in [7, 11) is 0. The second-order valence-electron chi connectivity index (χ2n) is 8.71. The minimum absolute atomic E-state index is 0.00329. The monoisotopic (exact) mass is 489 g/mol. The van der Waals surface area contributed by atoms with Crippen LogP contribution in [0, 0.1) is 11.8 Å². The lowest BCUT2D eigenvalue weighted by Gasteiger charge is -2.26. The number of thioether (sulfide) groups is 1. The molecule has 4 atom stereocenters. The molecule has 190 valence electrons. The number of nitrogens with two attached hydrogens (primary N) is 2. The maximum absolute atomic E-state index is 13.0. The third-order valence-electron chi connectivity index (χ3n) is 4.90. The van der Waals surface area contributed by atoms with E-state index in [0.29, 0.717) is 5.75 Å². The summed E-state index contributed by atoms with van der Waals surface area (Å²) in [5.74, 6) is -3.34. The third-order valence-corrected chi connectivity index (χ3v) is 5.54. The highest BCUT2D eigenvalue weighted by Gasteiger charge is 2.31. The van der Waals surface area contributed by atoms with E-state index in [-0.39, 0.29) is 37.5 Å². The molecule has 8 N–H and O–H groups in total. The average molecular weight is 490 g/mol. The van der Waals surface area contributed by atoms with Crippen molar-refractivity contribution in [3.63, 3.8) is 0 Å². The summed E-state index contributed by atoms with van der Waals surface area (Å²) >= 11 is 1.45. The second-order valence-corrected chi connectivity index (χ2v) is 9.69. The Bertz CT molecular complexity index is 688. The first-order chi connectivity index (χ1) is 15.3. The zero-order valence-electron chi connectivity index (χ0n) is 20.1. The third kappa shape index (κ3) is 12.5. The minimum Gasteiger partial charge on any atom is -0.480 e. The molecule has 0 aliphatic heterocycles. The molecule has 0 aliphatic rings. The van der Waals surface area contributed by atoms with Crippen LogP contribution < -0.4 is 27.4 Å². The predicted octanol–water partition coefficient (Wildman–Crippen LogP) is -0.427. The van der Waals surface area contributed by atoms with E-state index in [1.165, 1.54) is 11.8 Å². The van der Waals surface area contributed by atoms with Gasteiger partial charge in [0.25, 0.3) is 0 Å². The summed E-state index contributed by atoms with van der Waals surface area (Å²) in [6, 6.07) is -4.12. The van der Waals surface area contributed by atoms with Gasteiger partial charge in [-0.25, -0.2) is 4.79 Å². The fraction of sp³-hybridized carbons (Fsp3) is 0.762. The Kier molecular flexibility index (Phi) is 14.4. The molecule has 0 radical (unpaired) electrons. The number of rotatable bonds is 16. The first-order valence-corrected chi connectivity index (χ1v) is 12.4. The van der Waals surface area contributed by atoms with E-state index in [0.717, 1.165) is 0 Å². The maximum atomic E-state index is 13.0. The Morgan fingerprint density at radius 2 is 1.36 bits per heavy atom. The molecule has 33 heavy (non-hydrogen) atoms. The lowest BCUT2D eigenvalue weighted by Crippen LogP contribution is -2.57. The number of amides is 4. The number of hydrogen-bond acceptors (Lipinski definition) is 7. The van der Waals surface area contributed by atoms with Crippen molar-refractivity contribution in [1.82, 2.24) is 16.0 Å². The summed E-state index contributed by atoms with van der Waals surface area (Å²) in [6.07, 6.45) is 2.07. The number of carbonyl (C=O) groups is 5. The van der Waals surface area contributed by atoms with Gasteiger partial charge >= 0.3 is 5.97 Å². The van der Waals surface area contributed by atoms with Gasteiger partial charge in [0.05, 0.1) is 6.04 Å². The standard InChI is InChI=1S/C21H39N5O6S/c1-11(2)10-15(19(29)25-14(21(31)32)8-9-33-5)26-18(28)13(6-7-16(22)27)24-20(30)17(23)12(3)4/h11-15,17H,6-10,23H2,1-5H3,(H2,22,27)(H,24,30)(H,25,29)(H,26,28)(H,31,32). The highest BCUT2D eigenvalue weighted by molar-refractivity contribution is 7.98. The number of nitrogens with one attached hydrogen (secondary N) is 3. The van der Waals surface area contributed by atoms with E-state index >= 15 is 0 Å². The summed E-state index contributed by atoms with van der Waals surface area (Å²) < 4.78 is 0. The molecule has 0 rings (SSSR count). The number of carbonyl (C=O) groups excluding carboxylic acids is 4. The molecule has 0 saturated heterocycles. The molecule has 0 aromatic rings. The van der Waals surface area contributed by atoms with Crippen LogP contribution in [0.15, 0.2) is 0 Å². The van der Waals surface area contributed by atoms with Gasteiger partial charge in [-0.05, 0) is 43.1 Å². The van der Waals surface area contributed by atoms with Gasteiger partial charge in [0.15, 0.2) is 0 Å². The SMILES string of the molecule is CSCCC(NC(=O)C(CC(C)C)NC(=O)C(CCC(N)=O)NC(=O)C(N)C(C)C)C(=O)O. The molecule has 0 aromatic heterocycles. The van der Waals surface area contributed by atoms with Crippen molar-refractivity contribution in [3.8, 4) is 0 Å². The number of aliphatic carboxylic acids is 1. The van der Waals surface area contributed by atoms with Crippen molar-refractivity contribution in [3.05, 3.63) is 0 Å². The molecule has 11 nitrogen and oxygen atoms in total. The molecule has 0 fully saturated rings. The Morgan fingerprint density at radius 1 is 0.848 bits per heavy atom. The van der Waals surface area contributed by atoms with Gasteiger partial charge in [-0.3, -0.25) is 19.2 Å². The molecule has 4 unspecified atom stereocenters. The van der Waals surface area contributed by atoms with Gasteiger partial charge in [0, 0.05) is 6.42 Å². The van der Waals surface area contributed by atoms with Crippen LogP contribution in [-0.4, -0.2) is 70.9 Å². The zero-order chi connectivity index (χ0) is 25.7. The van der Waals surface area contributed by atoms with Crippen molar-refractivity contribution in [2.45, 2.75) is 77.5 Å².